The molecule has 0 saturated carbocycles. The van der Waals surface area contributed by atoms with Crippen LogP contribution in [0.4, 0.5) is 14.6 Å². The van der Waals surface area contributed by atoms with E-state index in [9.17, 15) is 9.50 Å². The minimum absolute atomic E-state index is 0.00170. The summed E-state index contributed by atoms with van der Waals surface area (Å²) in [5, 5.41) is 18.5. The molecule has 2 aromatic carbocycles. The molecule has 0 unspecified atom stereocenters. The number of H-pyrrole nitrogens is 1. The third-order valence-corrected chi connectivity index (χ3v) is 5.92. The zero-order valence-corrected chi connectivity index (χ0v) is 19.3. The molecule has 5 rings (SSSR count). The van der Waals surface area contributed by atoms with E-state index in [0.717, 1.165) is 5.56 Å². The first-order valence-corrected chi connectivity index (χ1v) is 10.9. The fourth-order valence-corrected chi connectivity index (χ4v) is 4.34. The van der Waals surface area contributed by atoms with E-state index >= 15 is 4.39 Å². The van der Waals surface area contributed by atoms with Gasteiger partial charge in [0.05, 0.1) is 18.7 Å². The molecule has 0 aliphatic carbocycles. The molecule has 2 N–H and O–H groups in total. The first-order valence-electron chi connectivity index (χ1n) is 10.9. The number of aromatic amines is 1. The maximum Gasteiger partial charge on any atom is 0.318 e. The highest BCUT2D eigenvalue weighted by molar-refractivity contribution is 6.01. The number of nitrogens with zero attached hydrogens (tertiary/aromatic N) is 5. The van der Waals surface area contributed by atoms with Crippen LogP contribution >= 0.6 is 0 Å². The molecule has 3 aromatic heterocycles. The van der Waals surface area contributed by atoms with Crippen molar-refractivity contribution in [2.75, 3.05) is 19.1 Å². The summed E-state index contributed by atoms with van der Waals surface area (Å²) in [6, 6.07) is 5.80. The van der Waals surface area contributed by atoms with E-state index in [2.05, 4.69) is 25.1 Å². The number of phenols is 1. The second-order valence-corrected chi connectivity index (χ2v) is 8.15. The van der Waals surface area contributed by atoms with Gasteiger partial charge in [-0.25, -0.2) is 8.78 Å². The van der Waals surface area contributed by atoms with Gasteiger partial charge in [-0.3, -0.25) is 10.1 Å². The molecule has 0 fully saturated rings. The van der Waals surface area contributed by atoms with Crippen molar-refractivity contribution >= 4 is 27.5 Å². The number of hydrogen-bond acceptors (Lipinski definition) is 7. The van der Waals surface area contributed by atoms with Gasteiger partial charge in [0.1, 0.15) is 28.6 Å². The van der Waals surface area contributed by atoms with Crippen molar-refractivity contribution in [2.45, 2.75) is 19.9 Å². The Morgan fingerprint density at radius 1 is 1.14 bits per heavy atom. The maximum absolute atomic E-state index is 16.1. The third kappa shape index (κ3) is 3.86. The fraction of sp³-hybridized carbons (Fsp3) is 0.200. The van der Waals surface area contributed by atoms with Crippen LogP contribution in [0.5, 0.6) is 11.8 Å². The van der Waals surface area contributed by atoms with Crippen LogP contribution in [0.1, 0.15) is 18.1 Å². The topological polar surface area (TPSA) is 100 Å². The molecule has 178 valence electrons. The summed E-state index contributed by atoms with van der Waals surface area (Å²) in [6.45, 7) is 2.27. The molecule has 5 aromatic rings. The van der Waals surface area contributed by atoms with Gasteiger partial charge in [0.2, 0.25) is 0 Å². The Morgan fingerprint density at radius 3 is 2.69 bits per heavy atom. The van der Waals surface area contributed by atoms with Crippen molar-refractivity contribution in [3.8, 4) is 23.0 Å². The third-order valence-electron chi connectivity index (χ3n) is 5.92. The van der Waals surface area contributed by atoms with Gasteiger partial charge < -0.3 is 14.7 Å². The molecule has 35 heavy (non-hydrogen) atoms. The minimum Gasteiger partial charge on any atom is -0.508 e. The van der Waals surface area contributed by atoms with Crippen molar-refractivity contribution in [2.24, 2.45) is 0 Å². The van der Waals surface area contributed by atoms with Gasteiger partial charge in [0.15, 0.2) is 5.82 Å². The van der Waals surface area contributed by atoms with Crippen LogP contribution in [0.3, 0.4) is 0 Å². The predicted molar refractivity (Wildman–Crippen MR) is 128 cm³/mol. The van der Waals surface area contributed by atoms with Crippen LogP contribution in [0, 0.1) is 11.6 Å². The lowest BCUT2D eigenvalue weighted by Crippen LogP contribution is -2.18. The molecule has 10 heteroatoms. The standard InChI is InChI=1S/C25H22F2N6O2/c1-4-16-19(26)6-5-14-7-15(34)8-17(20(14)16)22-21(27)23-18(11-28-22)24(32-25(31-23)35-3)33(2)12-13-9-29-30-10-13/h5-11,34H,4,12H2,1-3H3,(H,29,30). The number of methoxy groups -OCH3 is 1. The molecule has 8 nitrogen and oxygen atoms in total. The highest BCUT2D eigenvalue weighted by Gasteiger charge is 2.22. The molecule has 0 aliphatic rings. The smallest absolute Gasteiger partial charge is 0.318 e. The number of phenolic OH excluding ortho intramolecular Hbond substituents is 1. The number of pyridine rings is 1. The van der Waals surface area contributed by atoms with Crippen LogP contribution in [-0.4, -0.2) is 44.4 Å². The number of nitrogens with one attached hydrogen (secondary N) is 1. The molecule has 0 amide bonds. The lowest BCUT2D eigenvalue weighted by atomic mass is 9.94. The summed E-state index contributed by atoms with van der Waals surface area (Å²) in [6.07, 6.45) is 5.31. The summed E-state index contributed by atoms with van der Waals surface area (Å²) in [5.74, 6) is -0.782. The van der Waals surface area contributed by atoms with E-state index in [-0.39, 0.29) is 28.5 Å². The Bertz CT molecular complexity index is 1560. The number of anilines is 1. The van der Waals surface area contributed by atoms with Crippen molar-refractivity contribution in [3.05, 3.63) is 65.6 Å². The normalized spacial score (nSPS) is 11.3. The Kier molecular flexibility index (Phi) is 5.64. The number of fused-ring (bicyclic) bond motifs is 2. The quantitative estimate of drug-likeness (QED) is 0.364. The van der Waals surface area contributed by atoms with Crippen LogP contribution in [0.15, 0.2) is 42.9 Å². The first kappa shape index (κ1) is 22.5. The molecule has 0 spiro atoms. The van der Waals surface area contributed by atoms with E-state index in [1.807, 2.05) is 11.8 Å². The molecule has 0 aliphatic heterocycles. The number of hydrogen-bond donors (Lipinski definition) is 2. The number of rotatable bonds is 6. The number of halogens is 2. The van der Waals surface area contributed by atoms with Crippen molar-refractivity contribution in [1.82, 2.24) is 25.1 Å². The van der Waals surface area contributed by atoms with Crippen molar-refractivity contribution in [1.29, 1.82) is 0 Å². The van der Waals surface area contributed by atoms with E-state index in [4.69, 9.17) is 4.74 Å². The van der Waals surface area contributed by atoms with Gasteiger partial charge in [-0.05, 0) is 41.0 Å². The predicted octanol–water partition coefficient (Wildman–Crippen LogP) is 4.76. The summed E-state index contributed by atoms with van der Waals surface area (Å²) in [7, 11) is 3.21. The van der Waals surface area contributed by atoms with Gasteiger partial charge in [-0.1, -0.05) is 13.0 Å². The average molecular weight is 476 g/mol. The van der Waals surface area contributed by atoms with E-state index in [1.54, 1.807) is 25.5 Å². The average Bonchev–Trinajstić information content (AvgIpc) is 3.36. The lowest BCUT2D eigenvalue weighted by Gasteiger charge is -2.20. The largest absolute Gasteiger partial charge is 0.508 e. The Labute approximate surface area is 199 Å². The number of benzene rings is 2. The number of aromatic nitrogens is 5. The SMILES string of the molecule is CCc1c(F)ccc2cc(O)cc(-c3ncc4c(N(C)Cc5cn[nH]c5)nc(OC)nc4c3F)c12. The van der Waals surface area contributed by atoms with E-state index < -0.39 is 11.6 Å². The molecule has 3 heterocycles. The molecule has 0 saturated heterocycles. The molecule has 0 bridgehead atoms. The van der Waals surface area contributed by atoms with E-state index in [1.165, 1.54) is 31.5 Å². The summed E-state index contributed by atoms with van der Waals surface area (Å²) in [4.78, 5) is 14.9. The van der Waals surface area contributed by atoms with Gasteiger partial charge in [0, 0.05) is 37.1 Å². The van der Waals surface area contributed by atoms with Crippen LogP contribution < -0.4 is 9.64 Å². The van der Waals surface area contributed by atoms with Gasteiger partial charge in [-0.15, -0.1) is 0 Å². The highest BCUT2D eigenvalue weighted by atomic mass is 19.1. The van der Waals surface area contributed by atoms with Crippen LogP contribution in [0.25, 0.3) is 32.9 Å². The Hall–Kier alpha value is -4.34. The fourth-order valence-electron chi connectivity index (χ4n) is 4.34. The minimum atomic E-state index is -0.723. The molecular formula is C25H22F2N6O2. The monoisotopic (exact) mass is 476 g/mol. The van der Waals surface area contributed by atoms with Crippen molar-refractivity contribution in [3.63, 3.8) is 0 Å². The van der Waals surface area contributed by atoms with Crippen LogP contribution in [0.2, 0.25) is 0 Å². The number of aryl methyl sites for hydroxylation is 1. The highest BCUT2D eigenvalue weighted by Crippen LogP contribution is 2.38. The summed E-state index contributed by atoms with van der Waals surface area (Å²) < 4.78 is 36.0. The Morgan fingerprint density at radius 2 is 1.97 bits per heavy atom. The van der Waals surface area contributed by atoms with E-state index in [0.29, 0.717) is 40.5 Å². The van der Waals surface area contributed by atoms with Gasteiger partial charge in [-0.2, -0.15) is 15.1 Å². The van der Waals surface area contributed by atoms with Crippen LogP contribution in [-0.2, 0) is 13.0 Å². The maximum atomic E-state index is 16.1. The zero-order chi connectivity index (χ0) is 24.7. The molecule has 0 radical (unpaired) electrons. The number of ether oxygens (including phenoxy) is 1. The summed E-state index contributed by atoms with van der Waals surface area (Å²) >= 11 is 0. The lowest BCUT2D eigenvalue weighted by molar-refractivity contribution is 0.381. The Balaban J connectivity index is 1.75. The molecule has 0 atom stereocenters. The zero-order valence-electron chi connectivity index (χ0n) is 19.3. The van der Waals surface area contributed by atoms with Crippen molar-refractivity contribution < 1.29 is 18.6 Å². The second kappa shape index (κ2) is 8.79. The van der Waals surface area contributed by atoms with Gasteiger partial charge >= 0.3 is 6.01 Å². The van der Waals surface area contributed by atoms with Gasteiger partial charge in [0.25, 0.3) is 0 Å². The molecular weight excluding hydrogens is 454 g/mol. The summed E-state index contributed by atoms with van der Waals surface area (Å²) in [5.41, 5.74) is 1.55. The second-order valence-electron chi connectivity index (χ2n) is 8.15. The first-order chi connectivity index (χ1) is 16.9. The number of aromatic hydroxyl groups is 1.